The maximum absolute atomic E-state index is 12.8. The first-order valence-corrected chi connectivity index (χ1v) is 11.5. The topological polar surface area (TPSA) is 40.6 Å². The van der Waals surface area contributed by atoms with Gasteiger partial charge in [0.25, 0.3) is 5.91 Å². The first-order chi connectivity index (χ1) is 15.0. The second-order valence-corrected chi connectivity index (χ2v) is 9.09. The van der Waals surface area contributed by atoms with E-state index in [9.17, 15) is 9.59 Å². The summed E-state index contributed by atoms with van der Waals surface area (Å²) in [5, 5.41) is 0.620. The Morgan fingerprint density at radius 3 is 2.35 bits per heavy atom. The van der Waals surface area contributed by atoms with Gasteiger partial charge in [-0.05, 0) is 41.0 Å². The van der Waals surface area contributed by atoms with Crippen LogP contribution < -0.4 is 0 Å². The standard InChI is InChI=1S/C25H23ClN2O2S/c1-27(15-18-5-3-2-4-6-18)24(30)20-9-11-21(12-10-20)25-28(23(29)17-31-25)16-19-7-13-22(26)14-8-19/h2-14,25H,15-17H2,1H3/t25-/m1/s1. The Hall–Kier alpha value is -2.76. The Morgan fingerprint density at radius 2 is 1.68 bits per heavy atom. The van der Waals surface area contributed by atoms with Gasteiger partial charge >= 0.3 is 0 Å². The zero-order valence-corrected chi connectivity index (χ0v) is 18.8. The number of carbonyl (C=O) groups excluding carboxylic acids is 2. The lowest BCUT2D eigenvalue weighted by atomic mass is 10.1. The summed E-state index contributed by atoms with van der Waals surface area (Å²) in [6.07, 6.45) is 0. The molecule has 0 radical (unpaired) electrons. The van der Waals surface area contributed by atoms with E-state index in [-0.39, 0.29) is 17.2 Å². The number of amides is 2. The molecule has 1 aliphatic rings. The largest absolute Gasteiger partial charge is 0.337 e. The van der Waals surface area contributed by atoms with Crippen LogP contribution in [-0.2, 0) is 17.9 Å². The second kappa shape index (κ2) is 9.58. The van der Waals surface area contributed by atoms with Crippen LogP contribution in [0.1, 0.15) is 32.4 Å². The van der Waals surface area contributed by atoms with Gasteiger partial charge in [0.15, 0.2) is 0 Å². The van der Waals surface area contributed by atoms with E-state index in [4.69, 9.17) is 11.6 Å². The summed E-state index contributed by atoms with van der Waals surface area (Å²) in [6, 6.07) is 25.1. The molecule has 0 bridgehead atoms. The third-order valence-electron chi connectivity index (χ3n) is 5.29. The molecule has 0 aliphatic carbocycles. The molecule has 2 amide bonds. The van der Waals surface area contributed by atoms with Gasteiger partial charge in [0, 0.05) is 30.7 Å². The van der Waals surface area contributed by atoms with Crippen LogP contribution in [0, 0.1) is 0 Å². The highest BCUT2D eigenvalue weighted by Crippen LogP contribution is 2.39. The Bertz CT molecular complexity index is 1060. The summed E-state index contributed by atoms with van der Waals surface area (Å²) >= 11 is 7.59. The van der Waals surface area contributed by atoms with Crippen molar-refractivity contribution in [3.63, 3.8) is 0 Å². The summed E-state index contributed by atoms with van der Waals surface area (Å²) in [5.74, 6) is 0.551. The maximum Gasteiger partial charge on any atom is 0.253 e. The highest BCUT2D eigenvalue weighted by atomic mass is 35.5. The number of carbonyl (C=O) groups is 2. The lowest BCUT2D eigenvalue weighted by Gasteiger charge is -2.25. The van der Waals surface area contributed by atoms with Gasteiger partial charge in [0.2, 0.25) is 5.91 Å². The molecule has 158 valence electrons. The molecule has 4 nitrogen and oxygen atoms in total. The lowest BCUT2D eigenvalue weighted by molar-refractivity contribution is -0.128. The van der Waals surface area contributed by atoms with Crippen LogP contribution in [0.2, 0.25) is 5.02 Å². The predicted molar refractivity (Wildman–Crippen MR) is 126 cm³/mol. The molecule has 0 unspecified atom stereocenters. The Morgan fingerprint density at radius 1 is 1.00 bits per heavy atom. The molecule has 1 saturated heterocycles. The fourth-order valence-corrected chi connectivity index (χ4v) is 4.94. The van der Waals surface area contributed by atoms with Gasteiger partial charge in [0.05, 0.1) is 5.75 Å². The van der Waals surface area contributed by atoms with Crippen LogP contribution in [0.15, 0.2) is 78.9 Å². The molecule has 0 saturated carbocycles. The third kappa shape index (κ3) is 5.12. The monoisotopic (exact) mass is 450 g/mol. The van der Waals surface area contributed by atoms with Gasteiger partial charge in [-0.15, -0.1) is 11.8 Å². The maximum atomic E-state index is 12.8. The van der Waals surface area contributed by atoms with E-state index >= 15 is 0 Å². The van der Waals surface area contributed by atoms with Crippen molar-refractivity contribution in [1.82, 2.24) is 9.80 Å². The quantitative estimate of drug-likeness (QED) is 0.505. The number of rotatable bonds is 6. The summed E-state index contributed by atoms with van der Waals surface area (Å²) in [7, 11) is 1.81. The summed E-state index contributed by atoms with van der Waals surface area (Å²) in [4.78, 5) is 28.9. The fraction of sp³-hybridized carbons (Fsp3) is 0.200. The highest BCUT2D eigenvalue weighted by molar-refractivity contribution is 8.00. The minimum Gasteiger partial charge on any atom is -0.337 e. The predicted octanol–water partition coefficient (Wildman–Crippen LogP) is 5.39. The van der Waals surface area contributed by atoms with E-state index in [2.05, 4.69) is 0 Å². The van der Waals surface area contributed by atoms with Gasteiger partial charge in [0.1, 0.15) is 5.37 Å². The summed E-state index contributed by atoms with van der Waals surface area (Å²) in [6.45, 7) is 1.09. The van der Waals surface area contributed by atoms with Gasteiger partial charge in [-0.1, -0.05) is 66.2 Å². The molecule has 1 atom stereocenters. The molecule has 4 rings (SSSR count). The Balaban J connectivity index is 1.45. The van der Waals surface area contributed by atoms with Crippen LogP contribution in [-0.4, -0.2) is 34.4 Å². The summed E-state index contributed by atoms with van der Waals surface area (Å²) < 4.78 is 0. The van der Waals surface area contributed by atoms with Crippen molar-refractivity contribution in [2.24, 2.45) is 0 Å². The molecule has 0 aromatic heterocycles. The normalized spacial score (nSPS) is 15.9. The van der Waals surface area contributed by atoms with Crippen LogP contribution in [0.25, 0.3) is 0 Å². The fourth-order valence-electron chi connectivity index (χ4n) is 3.63. The number of nitrogens with zero attached hydrogens (tertiary/aromatic N) is 2. The van der Waals surface area contributed by atoms with Crippen molar-refractivity contribution in [2.45, 2.75) is 18.5 Å². The molecule has 31 heavy (non-hydrogen) atoms. The van der Waals surface area contributed by atoms with Crippen LogP contribution in [0.4, 0.5) is 0 Å². The second-order valence-electron chi connectivity index (χ2n) is 7.58. The molecule has 6 heteroatoms. The number of hydrogen-bond donors (Lipinski definition) is 0. The van der Waals surface area contributed by atoms with E-state index in [0.717, 1.165) is 16.7 Å². The van der Waals surface area contributed by atoms with Crippen molar-refractivity contribution in [2.75, 3.05) is 12.8 Å². The molecule has 1 heterocycles. The molecular weight excluding hydrogens is 428 g/mol. The minimum absolute atomic E-state index is 0.0245. The number of thioether (sulfide) groups is 1. The van der Waals surface area contributed by atoms with Gasteiger partial charge in [-0.2, -0.15) is 0 Å². The van der Waals surface area contributed by atoms with Crippen molar-refractivity contribution in [3.8, 4) is 0 Å². The average molecular weight is 451 g/mol. The first-order valence-electron chi connectivity index (χ1n) is 10.1. The molecule has 0 spiro atoms. The average Bonchev–Trinajstić information content (AvgIpc) is 3.15. The number of hydrogen-bond acceptors (Lipinski definition) is 3. The Labute approximate surface area is 191 Å². The van der Waals surface area contributed by atoms with E-state index < -0.39 is 0 Å². The van der Waals surface area contributed by atoms with E-state index in [1.807, 2.05) is 90.8 Å². The number of benzene rings is 3. The molecular formula is C25H23ClN2O2S. The highest BCUT2D eigenvalue weighted by Gasteiger charge is 2.32. The SMILES string of the molecule is CN(Cc1ccccc1)C(=O)c1ccc([C@H]2SCC(=O)N2Cc2ccc(Cl)cc2)cc1. The van der Waals surface area contributed by atoms with E-state index in [1.165, 1.54) is 0 Å². The van der Waals surface area contributed by atoms with Gasteiger partial charge in [-0.3, -0.25) is 9.59 Å². The molecule has 1 aliphatic heterocycles. The van der Waals surface area contributed by atoms with Crippen molar-refractivity contribution in [3.05, 3.63) is 106 Å². The molecule has 1 fully saturated rings. The molecule has 3 aromatic rings. The van der Waals surface area contributed by atoms with Crippen molar-refractivity contribution < 1.29 is 9.59 Å². The minimum atomic E-state index is -0.0608. The van der Waals surface area contributed by atoms with Crippen LogP contribution >= 0.6 is 23.4 Å². The first kappa shape index (κ1) is 21.5. The van der Waals surface area contributed by atoms with Crippen molar-refractivity contribution in [1.29, 1.82) is 0 Å². The smallest absolute Gasteiger partial charge is 0.253 e. The van der Waals surface area contributed by atoms with E-state index in [0.29, 0.717) is 29.4 Å². The van der Waals surface area contributed by atoms with E-state index in [1.54, 1.807) is 16.7 Å². The zero-order valence-electron chi connectivity index (χ0n) is 17.2. The third-order valence-corrected chi connectivity index (χ3v) is 6.79. The summed E-state index contributed by atoms with van der Waals surface area (Å²) in [5.41, 5.74) is 3.79. The molecule has 0 N–H and O–H groups in total. The van der Waals surface area contributed by atoms with Crippen LogP contribution in [0.3, 0.4) is 0 Å². The van der Waals surface area contributed by atoms with Crippen LogP contribution in [0.5, 0.6) is 0 Å². The molecule has 3 aromatic carbocycles. The number of halogens is 1. The van der Waals surface area contributed by atoms with Gasteiger partial charge in [-0.25, -0.2) is 0 Å². The Kier molecular flexibility index (Phi) is 6.64. The van der Waals surface area contributed by atoms with Gasteiger partial charge < -0.3 is 9.80 Å². The zero-order chi connectivity index (χ0) is 21.8. The van der Waals surface area contributed by atoms with Crippen molar-refractivity contribution >= 4 is 35.2 Å². The lowest BCUT2D eigenvalue weighted by Crippen LogP contribution is -2.28.